The largest absolute Gasteiger partial charge is 0.261 e. The third-order valence-electron chi connectivity index (χ3n) is 2.61. The number of rotatable bonds is 1. The molecule has 0 bridgehead atoms. The zero-order valence-corrected chi connectivity index (χ0v) is 10.7. The maximum Gasteiger partial charge on any atom is 0.0446 e. The van der Waals surface area contributed by atoms with Crippen LogP contribution in [0.1, 0.15) is 44.9 Å². The summed E-state index contributed by atoms with van der Waals surface area (Å²) in [5, 5.41) is 0. The first-order valence-electron chi connectivity index (χ1n) is 5.72. The molecule has 0 aliphatic heterocycles. The zero-order valence-electron chi connectivity index (χ0n) is 9.84. The summed E-state index contributed by atoms with van der Waals surface area (Å²) in [6.45, 7) is 6.81. The second-order valence-electron chi connectivity index (χ2n) is 5.16. The molecule has 0 unspecified atom stereocenters. The second kappa shape index (κ2) is 4.17. The van der Waals surface area contributed by atoms with E-state index in [9.17, 15) is 0 Å². The third-order valence-corrected chi connectivity index (χ3v) is 3.82. The van der Waals surface area contributed by atoms with Gasteiger partial charge in [0.1, 0.15) is 0 Å². The van der Waals surface area contributed by atoms with Crippen LogP contribution in [-0.2, 0) is 12.8 Å². The molecule has 0 saturated carbocycles. The van der Waals surface area contributed by atoms with Gasteiger partial charge >= 0.3 is 0 Å². The van der Waals surface area contributed by atoms with Crippen LogP contribution in [-0.4, -0.2) is 9.73 Å². The molecule has 82 valence electrons. The van der Waals surface area contributed by atoms with Crippen molar-refractivity contribution in [2.75, 3.05) is 0 Å². The van der Waals surface area contributed by atoms with Gasteiger partial charge in [-0.3, -0.25) is 4.98 Å². The fourth-order valence-electron chi connectivity index (χ4n) is 2.02. The maximum atomic E-state index is 4.50. The molecule has 0 N–H and O–H groups in total. The van der Waals surface area contributed by atoms with Gasteiger partial charge in [0.05, 0.1) is 0 Å². The fourth-order valence-corrected chi connectivity index (χ4v) is 3.15. The molecule has 1 nitrogen and oxygen atoms in total. The van der Waals surface area contributed by atoms with Crippen molar-refractivity contribution in [3.63, 3.8) is 0 Å². The fraction of sp³-hybridized carbons (Fsp3) is 0.615. The second-order valence-corrected chi connectivity index (χ2v) is 7.02. The van der Waals surface area contributed by atoms with Crippen LogP contribution in [0, 0.1) is 0 Å². The summed E-state index contributed by atoms with van der Waals surface area (Å²) in [7, 11) is 0. The molecule has 0 aromatic carbocycles. The highest BCUT2D eigenvalue weighted by molar-refractivity contribution is 8.00. The average molecular weight is 221 g/mol. The molecule has 1 aliphatic carbocycles. The van der Waals surface area contributed by atoms with Crippen molar-refractivity contribution in [1.82, 2.24) is 4.98 Å². The van der Waals surface area contributed by atoms with Crippen molar-refractivity contribution in [1.29, 1.82) is 0 Å². The number of thioether (sulfide) groups is 1. The maximum absolute atomic E-state index is 4.50. The molecular weight excluding hydrogens is 202 g/mol. The third kappa shape index (κ3) is 2.75. The molecule has 0 radical (unpaired) electrons. The van der Waals surface area contributed by atoms with Gasteiger partial charge < -0.3 is 0 Å². The van der Waals surface area contributed by atoms with Crippen molar-refractivity contribution < 1.29 is 0 Å². The van der Waals surface area contributed by atoms with Crippen LogP contribution >= 0.6 is 11.8 Å². The molecule has 1 aromatic heterocycles. The molecule has 15 heavy (non-hydrogen) atoms. The van der Waals surface area contributed by atoms with E-state index in [0.29, 0.717) is 4.75 Å². The lowest BCUT2D eigenvalue weighted by Gasteiger charge is -2.23. The van der Waals surface area contributed by atoms with Crippen LogP contribution in [0.2, 0.25) is 0 Å². The molecule has 2 rings (SSSR count). The highest BCUT2D eigenvalue weighted by atomic mass is 32.2. The Morgan fingerprint density at radius 3 is 2.67 bits per heavy atom. The molecule has 1 heterocycles. The lowest BCUT2D eigenvalue weighted by Crippen LogP contribution is -2.11. The van der Waals surface area contributed by atoms with Crippen molar-refractivity contribution in [3.05, 3.63) is 23.5 Å². The Bertz CT molecular complexity index is 352. The summed E-state index contributed by atoms with van der Waals surface area (Å²) in [5.41, 5.74) is 2.86. The van der Waals surface area contributed by atoms with Crippen molar-refractivity contribution in [3.8, 4) is 0 Å². The summed E-state index contributed by atoms with van der Waals surface area (Å²) in [4.78, 5) is 5.95. The number of aryl methyl sites for hydroxylation is 1. The Kier molecular flexibility index (Phi) is 3.06. The van der Waals surface area contributed by atoms with Crippen LogP contribution in [0.15, 0.2) is 17.2 Å². The molecule has 0 atom stereocenters. The molecule has 0 amide bonds. The van der Waals surface area contributed by atoms with Gasteiger partial charge in [-0.05, 0) is 37.3 Å². The minimum Gasteiger partial charge on any atom is -0.261 e. The number of hydrogen-bond acceptors (Lipinski definition) is 2. The van der Waals surface area contributed by atoms with E-state index in [0.717, 1.165) is 0 Å². The summed E-state index contributed by atoms with van der Waals surface area (Å²) < 4.78 is 0.298. The van der Waals surface area contributed by atoms with Gasteiger partial charge in [-0.1, -0.05) is 20.8 Å². The van der Waals surface area contributed by atoms with E-state index in [1.54, 1.807) is 0 Å². The first kappa shape index (κ1) is 11.0. The minimum absolute atomic E-state index is 0.298. The van der Waals surface area contributed by atoms with E-state index in [1.807, 2.05) is 18.0 Å². The van der Waals surface area contributed by atoms with Crippen LogP contribution < -0.4 is 0 Å². The minimum atomic E-state index is 0.298. The zero-order chi connectivity index (χ0) is 10.9. The summed E-state index contributed by atoms with van der Waals surface area (Å²) in [5.74, 6) is 0. The van der Waals surface area contributed by atoms with E-state index in [-0.39, 0.29) is 0 Å². The van der Waals surface area contributed by atoms with E-state index in [2.05, 4.69) is 31.8 Å². The Hall–Kier alpha value is -0.500. The van der Waals surface area contributed by atoms with Crippen molar-refractivity contribution >= 4 is 11.8 Å². The summed E-state index contributed by atoms with van der Waals surface area (Å²) in [6, 6.07) is 2.18. The summed E-state index contributed by atoms with van der Waals surface area (Å²) >= 11 is 1.98. The first-order valence-corrected chi connectivity index (χ1v) is 6.54. The number of aromatic nitrogens is 1. The van der Waals surface area contributed by atoms with Gasteiger partial charge in [-0.2, -0.15) is 0 Å². The van der Waals surface area contributed by atoms with E-state index in [4.69, 9.17) is 0 Å². The van der Waals surface area contributed by atoms with E-state index in [1.165, 1.54) is 41.8 Å². The van der Waals surface area contributed by atoms with Gasteiger partial charge in [0, 0.05) is 21.5 Å². The molecule has 2 heteroatoms. The van der Waals surface area contributed by atoms with Crippen LogP contribution in [0.5, 0.6) is 0 Å². The lowest BCUT2D eigenvalue weighted by atomic mass is 9.96. The van der Waals surface area contributed by atoms with Crippen molar-refractivity contribution in [2.24, 2.45) is 0 Å². The number of nitrogens with zero attached hydrogens (tertiary/aromatic N) is 1. The standard InChI is InChI=1S/C13H19NS/c1-13(2,3)15-12-8-9-14-11-7-5-4-6-10(11)12/h8-9H,4-7H2,1-3H3. The number of hydrogen-bond donors (Lipinski definition) is 0. The van der Waals surface area contributed by atoms with Crippen LogP contribution in [0.4, 0.5) is 0 Å². The molecule has 1 aromatic rings. The molecule has 0 fully saturated rings. The Balaban J connectivity index is 2.31. The first-order chi connectivity index (χ1) is 7.06. The monoisotopic (exact) mass is 221 g/mol. The number of pyridine rings is 1. The van der Waals surface area contributed by atoms with Crippen LogP contribution in [0.25, 0.3) is 0 Å². The average Bonchev–Trinajstić information content (AvgIpc) is 2.16. The smallest absolute Gasteiger partial charge is 0.0446 e. The lowest BCUT2D eigenvalue weighted by molar-refractivity contribution is 0.656. The van der Waals surface area contributed by atoms with Gasteiger partial charge in [-0.25, -0.2) is 0 Å². The van der Waals surface area contributed by atoms with Crippen molar-refractivity contribution in [2.45, 2.75) is 56.1 Å². The molecule has 0 spiro atoms. The Labute approximate surface area is 96.7 Å². The normalized spacial score (nSPS) is 16.2. The summed E-state index contributed by atoms with van der Waals surface area (Å²) in [6.07, 6.45) is 7.01. The topological polar surface area (TPSA) is 12.9 Å². The van der Waals surface area contributed by atoms with Crippen LogP contribution in [0.3, 0.4) is 0 Å². The van der Waals surface area contributed by atoms with Gasteiger partial charge in [0.2, 0.25) is 0 Å². The van der Waals surface area contributed by atoms with E-state index >= 15 is 0 Å². The van der Waals surface area contributed by atoms with Gasteiger partial charge in [0.25, 0.3) is 0 Å². The number of fused-ring (bicyclic) bond motifs is 1. The predicted molar refractivity (Wildman–Crippen MR) is 66.5 cm³/mol. The highest BCUT2D eigenvalue weighted by Crippen LogP contribution is 2.36. The highest BCUT2D eigenvalue weighted by Gasteiger charge is 2.19. The van der Waals surface area contributed by atoms with E-state index < -0.39 is 0 Å². The van der Waals surface area contributed by atoms with Gasteiger partial charge in [0.15, 0.2) is 0 Å². The predicted octanol–water partition coefficient (Wildman–Crippen LogP) is 3.85. The Morgan fingerprint density at radius 1 is 1.20 bits per heavy atom. The quantitative estimate of drug-likeness (QED) is 0.668. The Morgan fingerprint density at radius 2 is 1.93 bits per heavy atom. The molecular formula is C13H19NS. The SMILES string of the molecule is CC(C)(C)Sc1ccnc2c1CCCC2. The van der Waals surface area contributed by atoms with Gasteiger partial charge in [-0.15, -0.1) is 11.8 Å². The molecule has 1 aliphatic rings. The molecule has 0 saturated heterocycles.